The van der Waals surface area contributed by atoms with E-state index < -0.39 is 24.6 Å². The predicted octanol–water partition coefficient (Wildman–Crippen LogP) is 1.05. The molecular weight excluding hydrogens is 519 g/mol. The van der Waals surface area contributed by atoms with Gasteiger partial charge in [0.05, 0.1) is 22.4 Å². The lowest BCUT2D eigenvalue weighted by Crippen LogP contribution is -2.54. The van der Waals surface area contributed by atoms with Gasteiger partial charge in [-0.25, -0.2) is 0 Å². The number of carbonyl (C=O) groups excluding carboxylic acids is 1. The van der Waals surface area contributed by atoms with E-state index in [2.05, 4.69) is 45.4 Å². The standard InChI is InChI=1S/C21H29IN2O7/c1-29-11-13-4-5-16(31-20-19(28)18(27)15(25)12-30-20)14(10-13)24-17(26)6-9-23-21(22)7-2-3-8-21/h2,4-5,7,10,15,18-20,23,25,27-28H,3,6,8-9,11-12H2,1H3,(H,24,26)/t15?,18?,19?,20?,21-/m1/s1. The normalized spacial score (nSPS) is 30.4. The Hall–Kier alpha value is -1.28. The maximum absolute atomic E-state index is 12.6. The van der Waals surface area contributed by atoms with Gasteiger partial charge in [0, 0.05) is 20.1 Å². The summed E-state index contributed by atoms with van der Waals surface area (Å²) in [5.41, 5.74) is 1.23. The highest BCUT2D eigenvalue weighted by atomic mass is 127. The van der Waals surface area contributed by atoms with Gasteiger partial charge in [0.2, 0.25) is 12.2 Å². The summed E-state index contributed by atoms with van der Waals surface area (Å²) in [6.45, 7) is 0.688. The molecule has 0 radical (unpaired) electrons. The van der Waals surface area contributed by atoms with Gasteiger partial charge in [-0.3, -0.25) is 10.1 Å². The number of carbonyl (C=O) groups is 1. The maximum Gasteiger partial charge on any atom is 0.228 e. The summed E-state index contributed by atoms with van der Waals surface area (Å²) in [5, 5.41) is 35.9. The van der Waals surface area contributed by atoms with Gasteiger partial charge in [-0.2, -0.15) is 0 Å². The molecule has 9 nitrogen and oxygen atoms in total. The van der Waals surface area contributed by atoms with Crippen molar-refractivity contribution in [3.8, 4) is 5.75 Å². The van der Waals surface area contributed by atoms with E-state index in [1.54, 1.807) is 25.3 Å². The van der Waals surface area contributed by atoms with Gasteiger partial charge in [-0.1, -0.05) is 40.8 Å². The van der Waals surface area contributed by atoms with Crippen molar-refractivity contribution < 1.29 is 34.3 Å². The molecule has 3 rings (SSSR count). The number of aliphatic hydroxyl groups is 3. The van der Waals surface area contributed by atoms with Crippen LogP contribution in [-0.2, 0) is 20.9 Å². The smallest absolute Gasteiger partial charge is 0.228 e. The van der Waals surface area contributed by atoms with Crippen LogP contribution in [0, 0.1) is 0 Å². The van der Waals surface area contributed by atoms with Crippen molar-refractivity contribution >= 4 is 34.2 Å². The lowest BCUT2D eigenvalue weighted by molar-refractivity contribution is -0.241. The van der Waals surface area contributed by atoms with Crippen LogP contribution in [0.2, 0.25) is 0 Å². The van der Waals surface area contributed by atoms with E-state index in [4.69, 9.17) is 14.2 Å². The number of aliphatic hydroxyl groups excluding tert-OH is 3. The highest BCUT2D eigenvalue weighted by Gasteiger charge is 2.39. The summed E-state index contributed by atoms with van der Waals surface area (Å²) < 4.78 is 16.1. The van der Waals surface area contributed by atoms with Crippen LogP contribution in [0.25, 0.3) is 0 Å². The fraction of sp³-hybridized carbons (Fsp3) is 0.571. The van der Waals surface area contributed by atoms with Crippen LogP contribution in [-0.4, -0.2) is 69.6 Å². The third-order valence-electron chi connectivity index (χ3n) is 5.15. The number of halogens is 1. The average molecular weight is 548 g/mol. The molecule has 1 saturated heterocycles. The van der Waals surface area contributed by atoms with E-state index >= 15 is 0 Å². The Labute approximate surface area is 194 Å². The van der Waals surface area contributed by atoms with Gasteiger partial charge in [0.25, 0.3) is 0 Å². The Morgan fingerprint density at radius 2 is 2.13 bits per heavy atom. The van der Waals surface area contributed by atoms with Crippen molar-refractivity contribution in [2.24, 2.45) is 0 Å². The molecule has 0 aromatic heterocycles. The number of hydrogen-bond acceptors (Lipinski definition) is 8. The molecule has 5 atom stereocenters. The first-order valence-electron chi connectivity index (χ1n) is 10.2. The van der Waals surface area contributed by atoms with E-state index in [-0.39, 0.29) is 28.2 Å². The molecular formula is C21H29IN2O7. The number of allylic oxidation sites excluding steroid dienone is 1. The van der Waals surface area contributed by atoms with Crippen molar-refractivity contribution in [1.29, 1.82) is 0 Å². The third kappa shape index (κ3) is 6.60. The van der Waals surface area contributed by atoms with Crippen LogP contribution in [0.1, 0.15) is 24.8 Å². The summed E-state index contributed by atoms with van der Waals surface area (Å²) >= 11 is 2.35. The Morgan fingerprint density at radius 3 is 2.84 bits per heavy atom. The number of anilines is 1. The van der Waals surface area contributed by atoms with Crippen LogP contribution in [0.5, 0.6) is 5.75 Å². The zero-order valence-corrected chi connectivity index (χ0v) is 19.4. The van der Waals surface area contributed by atoms with Crippen molar-refractivity contribution in [2.75, 3.05) is 25.6 Å². The second-order valence-electron chi connectivity index (χ2n) is 7.66. The fourth-order valence-electron chi connectivity index (χ4n) is 3.43. The van der Waals surface area contributed by atoms with E-state index in [0.717, 1.165) is 18.4 Å². The first kappa shape index (κ1) is 24.4. The summed E-state index contributed by atoms with van der Waals surface area (Å²) in [7, 11) is 1.57. The monoisotopic (exact) mass is 548 g/mol. The van der Waals surface area contributed by atoms with Crippen LogP contribution >= 0.6 is 22.6 Å². The number of nitrogens with one attached hydrogen (secondary N) is 2. The quantitative estimate of drug-likeness (QED) is 0.134. The van der Waals surface area contributed by atoms with Crippen molar-refractivity contribution in [3.05, 3.63) is 35.9 Å². The van der Waals surface area contributed by atoms with Crippen molar-refractivity contribution in [2.45, 2.75) is 54.0 Å². The molecule has 1 amide bonds. The summed E-state index contributed by atoms with van der Waals surface area (Å²) in [5.74, 6) is 0.0763. The summed E-state index contributed by atoms with van der Waals surface area (Å²) in [6.07, 6.45) is 1.33. The molecule has 0 spiro atoms. The Morgan fingerprint density at radius 1 is 1.32 bits per heavy atom. The number of alkyl halides is 1. The molecule has 1 aliphatic heterocycles. The Bertz CT molecular complexity index is 793. The number of ether oxygens (including phenoxy) is 3. The van der Waals surface area contributed by atoms with E-state index in [1.807, 2.05) is 0 Å². The molecule has 1 aliphatic carbocycles. The minimum absolute atomic E-state index is 0.107. The van der Waals surface area contributed by atoms with Crippen LogP contribution in [0.3, 0.4) is 0 Å². The lowest BCUT2D eigenvalue weighted by Gasteiger charge is -2.35. The molecule has 10 heteroatoms. The van der Waals surface area contributed by atoms with Gasteiger partial charge < -0.3 is 34.8 Å². The SMILES string of the molecule is COCc1ccc(OC2OCC(O)C(O)C2O)c(NC(=O)CCN[C@]2(I)C=CCC2)c1. The minimum atomic E-state index is -1.44. The average Bonchev–Trinajstić information content (AvgIpc) is 3.16. The summed E-state index contributed by atoms with van der Waals surface area (Å²) in [4.78, 5) is 12.6. The van der Waals surface area contributed by atoms with E-state index in [0.29, 0.717) is 18.8 Å². The van der Waals surface area contributed by atoms with Crippen LogP contribution in [0.15, 0.2) is 30.4 Å². The van der Waals surface area contributed by atoms with Gasteiger partial charge in [0.1, 0.15) is 24.1 Å². The van der Waals surface area contributed by atoms with Crippen LogP contribution < -0.4 is 15.4 Å². The molecule has 31 heavy (non-hydrogen) atoms. The van der Waals surface area contributed by atoms with Crippen LogP contribution in [0.4, 0.5) is 5.69 Å². The van der Waals surface area contributed by atoms with E-state index in [9.17, 15) is 20.1 Å². The molecule has 4 unspecified atom stereocenters. The van der Waals surface area contributed by atoms with E-state index in [1.165, 1.54) is 0 Å². The number of benzene rings is 1. The highest BCUT2D eigenvalue weighted by molar-refractivity contribution is 14.1. The zero-order chi connectivity index (χ0) is 22.4. The molecule has 1 heterocycles. The first-order valence-corrected chi connectivity index (χ1v) is 11.2. The fourth-order valence-corrected chi connectivity index (χ4v) is 4.27. The Kier molecular flexibility index (Phi) is 8.67. The number of amides is 1. The second kappa shape index (κ2) is 11.0. The van der Waals surface area contributed by atoms with Crippen molar-refractivity contribution in [1.82, 2.24) is 5.32 Å². The molecule has 0 bridgehead atoms. The van der Waals surface area contributed by atoms with Gasteiger partial charge in [-0.15, -0.1) is 0 Å². The summed E-state index contributed by atoms with van der Waals surface area (Å²) in [6, 6.07) is 5.13. The molecule has 2 aliphatic rings. The molecule has 0 saturated carbocycles. The molecule has 172 valence electrons. The topological polar surface area (TPSA) is 130 Å². The highest BCUT2D eigenvalue weighted by Crippen LogP contribution is 2.31. The molecule has 1 fully saturated rings. The minimum Gasteiger partial charge on any atom is -0.460 e. The van der Waals surface area contributed by atoms with Crippen molar-refractivity contribution in [3.63, 3.8) is 0 Å². The van der Waals surface area contributed by atoms with Gasteiger partial charge in [0.15, 0.2) is 0 Å². The zero-order valence-electron chi connectivity index (χ0n) is 17.3. The molecule has 5 N–H and O–H groups in total. The Balaban J connectivity index is 1.65. The second-order valence-corrected chi connectivity index (χ2v) is 9.59. The molecule has 1 aromatic carbocycles. The number of hydrogen-bond donors (Lipinski definition) is 5. The van der Waals surface area contributed by atoms with Gasteiger partial charge >= 0.3 is 0 Å². The van der Waals surface area contributed by atoms with Gasteiger partial charge in [-0.05, 0) is 30.5 Å². The largest absolute Gasteiger partial charge is 0.460 e. The predicted molar refractivity (Wildman–Crippen MR) is 122 cm³/mol. The first-order chi connectivity index (χ1) is 14.8. The number of rotatable bonds is 9. The maximum atomic E-state index is 12.6. The molecule has 1 aromatic rings. The lowest BCUT2D eigenvalue weighted by atomic mass is 10.1. The number of methoxy groups -OCH3 is 1. The third-order valence-corrected chi connectivity index (χ3v) is 6.43.